The number of ether oxygens (including phenoxy) is 2. The Hall–Kier alpha value is -2.08. The molecule has 0 radical (unpaired) electrons. The SMILES string of the molecule is COc1cc(C=O)cc2c1OCC(=O)N2CCN1CCCC1. The van der Waals surface area contributed by atoms with Crippen molar-refractivity contribution in [1.82, 2.24) is 4.90 Å². The van der Waals surface area contributed by atoms with Crippen LogP contribution >= 0.6 is 0 Å². The summed E-state index contributed by atoms with van der Waals surface area (Å²) in [6.07, 6.45) is 3.19. The molecule has 0 unspecified atom stereocenters. The maximum Gasteiger partial charge on any atom is 0.265 e. The number of anilines is 1. The second kappa shape index (κ2) is 6.36. The van der Waals surface area contributed by atoms with E-state index in [4.69, 9.17) is 9.47 Å². The van der Waals surface area contributed by atoms with Crippen LogP contribution in [-0.4, -0.2) is 57.0 Å². The Balaban J connectivity index is 1.87. The Kier molecular flexibility index (Phi) is 4.29. The molecule has 0 atom stereocenters. The van der Waals surface area contributed by atoms with Crippen LogP contribution in [0.1, 0.15) is 23.2 Å². The highest BCUT2D eigenvalue weighted by Crippen LogP contribution is 2.41. The summed E-state index contributed by atoms with van der Waals surface area (Å²) in [5.74, 6) is 0.934. The van der Waals surface area contributed by atoms with E-state index >= 15 is 0 Å². The standard InChI is InChI=1S/C16H20N2O4/c1-21-14-9-12(10-19)8-13-16(14)22-11-15(20)18(13)7-6-17-4-2-3-5-17/h8-10H,2-7,11H2,1H3. The number of nitrogens with zero attached hydrogens (tertiary/aromatic N) is 2. The smallest absolute Gasteiger partial charge is 0.265 e. The van der Waals surface area contributed by atoms with Gasteiger partial charge in [0.15, 0.2) is 18.1 Å². The summed E-state index contributed by atoms with van der Waals surface area (Å²) in [4.78, 5) is 27.4. The van der Waals surface area contributed by atoms with Gasteiger partial charge in [-0.05, 0) is 38.1 Å². The molecule has 118 valence electrons. The number of hydrogen-bond donors (Lipinski definition) is 0. The van der Waals surface area contributed by atoms with E-state index < -0.39 is 0 Å². The number of hydrogen-bond acceptors (Lipinski definition) is 5. The normalized spacial score (nSPS) is 18.0. The molecule has 3 rings (SSSR count). The van der Waals surface area contributed by atoms with Crippen molar-refractivity contribution in [2.24, 2.45) is 0 Å². The Bertz CT molecular complexity index is 582. The molecular formula is C16H20N2O4. The maximum atomic E-state index is 12.2. The Morgan fingerprint density at radius 2 is 2.05 bits per heavy atom. The topological polar surface area (TPSA) is 59.1 Å². The van der Waals surface area contributed by atoms with Crippen LogP contribution in [0.3, 0.4) is 0 Å². The zero-order valence-corrected chi connectivity index (χ0v) is 12.7. The molecule has 0 aliphatic carbocycles. The number of fused-ring (bicyclic) bond motifs is 1. The highest BCUT2D eigenvalue weighted by Gasteiger charge is 2.29. The van der Waals surface area contributed by atoms with Crippen molar-refractivity contribution in [3.05, 3.63) is 17.7 Å². The average molecular weight is 304 g/mol. The lowest BCUT2D eigenvalue weighted by atomic mass is 10.1. The minimum atomic E-state index is -0.0863. The number of likely N-dealkylation sites (tertiary alicyclic amines) is 1. The number of methoxy groups -OCH3 is 1. The number of carbonyl (C=O) groups is 2. The average Bonchev–Trinajstić information content (AvgIpc) is 3.06. The van der Waals surface area contributed by atoms with Crippen molar-refractivity contribution in [1.29, 1.82) is 0 Å². The van der Waals surface area contributed by atoms with E-state index in [1.807, 2.05) is 0 Å². The summed E-state index contributed by atoms with van der Waals surface area (Å²) in [7, 11) is 1.53. The molecule has 0 saturated carbocycles. The van der Waals surface area contributed by atoms with E-state index in [0.29, 0.717) is 29.3 Å². The van der Waals surface area contributed by atoms with E-state index in [1.165, 1.54) is 20.0 Å². The molecule has 1 aromatic rings. The third-order valence-corrected chi connectivity index (χ3v) is 4.18. The molecule has 2 aliphatic rings. The van der Waals surface area contributed by atoms with Gasteiger partial charge in [-0.1, -0.05) is 0 Å². The molecule has 0 spiro atoms. The molecule has 22 heavy (non-hydrogen) atoms. The largest absolute Gasteiger partial charge is 0.493 e. The summed E-state index contributed by atoms with van der Waals surface area (Å²) >= 11 is 0. The van der Waals surface area contributed by atoms with Gasteiger partial charge in [0.1, 0.15) is 6.29 Å². The predicted molar refractivity (Wildman–Crippen MR) is 81.9 cm³/mol. The second-order valence-corrected chi connectivity index (χ2v) is 5.57. The molecule has 2 heterocycles. The summed E-state index contributed by atoms with van der Waals surface area (Å²) in [5, 5.41) is 0. The van der Waals surface area contributed by atoms with Crippen LogP contribution < -0.4 is 14.4 Å². The minimum Gasteiger partial charge on any atom is -0.493 e. The van der Waals surface area contributed by atoms with Crippen LogP contribution in [0.2, 0.25) is 0 Å². The molecule has 6 nitrogen and oxygen atoms in total. The van der Waals surface area contributed by atoms with Crippen LogP contribution in [-0.2, 0) is 4.79 Å². The van der Waals surface area contributed by atoms with Crippen molar-refractivity contribution in [2.75, 3.05) is 44.8 Å². The van der Waals surface area contributed by atoms with E-state index in [-0.39, 0.29) is 12.5 Å². The molecule has 0 N–H and O–H groups in total. The van der Waals surface area contributed by atoms with E-state index in [9.17, 15) is 9.59 Å². The molecule has 1 amide bonds. The maximum absolute atomic E-state index is 12.2. The van der Waals surface area contributed by atoms with Crippen LogP contribution in [0.5, 0.6) is 11.5 Å². The first-order valence-corrected chi connectivity index (χ1v) is 7.55. The number of aldehydes is 1. The van der Waals surface area contributed by atoms with Crippen molar-refractivity contribution in [3.63, 3.8) is 0 Å². The Morgan fingerprint density at radius 3 is 2.73 bits per heavy atom. The van der Waals surface area contributed by atoms with Gasteiger partial charge in [0.2, 0.25) is 0 Å². The van der Waals surface area contributed by atoms with Gasteiger partial charge in [-0.2, -0.15) is 0 Å². The lowest BCUT2D eigenvalue weighted by Gasteiger charge is -2.31. The summed E-state index contributed by atoms with van der Waals surface area (Å²) in [6.45, 7) is 3.61. The number of benzene rings is 1. The summed E-state index contributed by atoms with van der Waals surface area (Å²) in [5.41, 5.74) is 1.09. The molecule has 6 heteroatoms. The molecule has 2 aliphatic heterocycles. The number of carbonyl (C=O) groups excluding carboxylic acids is 2. The van der Waals surface area contributed by atoms with Gasteiger partial charge in [-0.3, -0.25) is 9.59 Å². The summed E-state index contributed by atoms with van der Waals surface area (Å²) in [6, 6.07) is 3.31. The molecular weight excluding hydrogens is 284 g/mol. The second-order valence-electron chi connectivity index (χ2n) is 5.57. The fourth-order valence-electron chi connectivity index (χ4n) is 3.01. The third kappa shape index (κ3) is 2.78. The van der Waals surface area contributed by atoms with Crippen LogP contribution in [0.25, 0.3) is 0 Å². The van der Waals surface area contributed by atoms with Crippen LogP contribution in [0, 0.1) is 0 Å². The van der Waals surface area contributed by atoms with Gasteiger partial charge in [0.25, 0.3) is 5.91 Å². The predicted octanol–water partition coefficient (Wildman–Crippen LogP) is 1.33. The van der Waals surface area contributed by atoms with Gasteiger partial charge in [-0.15, -0.1) is 0 Å². The summed E-state index contributed by atoms with van der Waals surface area (Å²) < 4.78 is 10.8. The fraction of sp³-hybridized carbons (Fsp3) is 0.500. The first-order chi connectivity index (χ1) is 10.7. The molecule has 0 aromatic heterocycles. The van der Waals surface area contributed by atoms with E-state index in [0.717, 1.165) is 25.9 Å². The highest BCUT2D eigenvalue weighted by molar-refractivity contribution is 5.99. The number of amides is 1. The van der Waals surface area contributed by atoms with Crippen molar-refractivity contribution >= 4 is 17.9 Å². The Morgan fingerprint density at radius 1 is 1.27 bits per heavy atom. The van der Waals surface area contributed by atoms with Gasteiger partial charge in [0, 0.05) is 18.7 Å². The molecule has 0 bridgehead atoms. The van der Waals surface area contributed by atoms with Crippen LogP contribution in [0.4, 0.5) is 5.69 Å². The number of rotatable bonds is 5. The monoisotopic (exact) mass is 304 g/mol. The zero-order valence-electron chi connectivity index (χ0n) is 12.7. The Labute approximate surface area is 129 Å². The third-order valence-electron chi connectivity index (χ3n) is 4.18. The molecule has 1 fully saturated rings. The quantitative estimate of drug-likeness (QED) is 0.768. The van der Waals surface area contributed by atoms with Crippen molar-refractivity contribution in [2.45, 2.75) is 12.8 Å². The van der Waals surface area contributed by atoms with Crippen LogP contribution in [0.15, 0.2) is 12.1 Å². The molecule has 1 saturated heterocycles. The zero-order chi connectivity index (χ0) is 15.5. The first kappa shape index (κ1) is 14.8. The first-order valence-electron chi connectivity index (χ1n) is 7.55. The molecule has 1 aromatic carbocycles. The van der Waals surface area contributed by atoms with Crippen molar-refractivity contribution < 1.29 is 19.1 Å². The van der Waals surface area contributed by atoms with Gasteiger partial charge in [-0.25, -0.2) is 0 Å². The van der Waals surface area contributed by atoms with E-state index in [2.05, 4.69) is 4.90 Å². The highest BCUT2D eigenvalue weighted by atomic mass is 16.5. The van der Waals surface area contributed by atoms with E-state index in [1.54, 1.807) is 17.0 Å². The lowest BCUT2D eigenvalue weighted by molar-refractivity contribution is -0.121. The minimum absolute atomic E-state index is 0.00377. The fourth-order valence-corrected chi connectivity index (χ4v) is 3.01. The van der Waals surface area contributed by atoms with Gasteiger partial charge in [0.05, 0.1) is 12.8 Å². The van der Waals surface area contributed by atoms with Crippen molar-refractivity contribution in [3.8, 4) is 11.5 Å². The van der Waals surface area contributed by atoms with Gasteiger partial charge >= 0.3 is 0 Å². The lowest BCUT2D eigenvalue weighted by Crippen LogP contribution is -2.43. The van der Waals surface area contributed by atoms with Gasteiger partial charge < -0.3 is 19.3 Å².